The van der Waals surface area contributed by atoms with Gasteiger partial charge < -0.3 is 9.67 Å². The van der Waals surface area contributed by atoms with Crippen molar-refractivity contribution in [1.82, 2.24) is 24.8 Å². The van der Waals surface area contributed by atoms with Crippen molar-refractivity contribution in [2.24, 2.45) is 17.3 Å². The first-order valence-electron chi connectivity index (χ1n) is 11.3. The van der Waals surface area contributed by atoms with Crippen molar-refractivity contribution in [1.29, 1.82) is 0 Å². The molecule has 1 saturated heterocycles. The fourth-order valence-electron chi connectivity index (χ4n) is 3.49. The lowest BCUT2D eigenvalue weighted by molar-refractivity contribution is -0.139. The first-order valence-corrected chi connectivity index (χ1v) is 12.1. The van der Waals surface area contributed by atoms with Crippen LogP contribution in [0.1, 0.15) is 18.3 Å². The van der Waals surface area contributed by atoms with Crippen molar-refractivity contribution in [2.45, 2.75) is 26.4 Å². The molecule has 194 valence electrons. The normalized spacial score (nSPS) is 15.5. The van der Waals surface area contributed by atoms with Crippen LogP contribution in [0, 0.1) is 6.92 Å². The molecule has 2 aromatic carbocycles. The van der Waals surface area contributed by atoms with Crippen LogP contribution in [0.2, 0.25) is 0 Å². The molecule has 38 heavy (non-hydrogen) atoms. The van der Waals surface area contributed by atoms with E-state index in [1.165, 1.54) is 5.56 Å². The molecule has 1 fully saturated rings. The van der Waals surface area contributed by atoms with Gasteiger partial charge in [-0.25, -0.2) is 14.8 Å². The summed E-state index contributed by atoms with van der Waals surface area (Å²) in [7, 11) is 1.75. The molecule has 0 saturated carbocycles. The molecule has 1 unspecified atom stereocenters. The minimum absolute atomic E-state index is 0.0795. The number of aromatic nitrogens is 3. The number of thiazole rings is 1. The lowest BCUT2D eigenvalue weighted by Crippen LogP contribution is -2.59. The number of amides is 4. The summed E-state index contributed by atoms with van der Waals surface area (Å²) in [5, 5.41) is 18.4. The number of aryl methyl sites for hydroxylation is 2. The summed E-state index contributed by atoms with van der Waals surface area (Å²) in [6.07, 6.45) is 3.26. The lowest BCUT2D eigenvalue weighted by Gasteiger charge is -2.27. The summed E-state index contributed by atoms with van der Waals surface area (Å²) in [5.74, 6) is -1.90. The Kier molecular flexibility index (Phi) is 7.67. The number of imidazole rings is 1. The second kappa shape index (κ2) is 11.1. The Balaban J connectivity index is 0.000000786. The Bertz CT molecular complexity index is 1550. The van der Waals surface area contributed by atoms with E-state index >= 15 is 0 Å². The number of hydrogen-bond acceptors (Lipinski definition) is 9. The van der Waals surface area contributed by atoms with Gasteiger partial charge in [0.15, 0.2) is 0 Å². The largest absolute Gasteiger partial charge is 0.481 e. The molecule has 1 atom stereocenters. The van der Waals surface area contributed by atoms with Crippen molar-refractivity contribution in [3.8, 4) is 10.6 Å². The van der Waals surface area contributed by atoms with E-state index < -0.39 is 29.9 Å². The molecule has 5 rings (SSSR count). The van der Waals surface area contributed by atoms with Crippen molar-refractivity contribution >= 4 is 51.1 Å². The number of rotatable bonds is 5. The second-order valence-corrected chi connectivity index (χ2v) is 9.38. The van der Waals surface area contributed by atoms with E-state index in [2.05, 4.69) is 31.6 Å². The second-order valence-electron chi connectivity index (χ2n) is 8.35. The first kappa shape index (κ1) is 26.3. The maximum atomic E-state index is 12.8. The van der Waals surface area contributed by atoms with Crippen LogP contribution in [0.4, 0.5) is 10.5 Å². The number of carboxylic acids is 1. The number of imide groups is 2. The van der Waals surface area contributed by atoms with E-state index in [4.69, 9.17) is 9.90 Å². The summed E-state index contributed by atoms with van der Waals surface area (Å²) in [6, 6.07) is 11.1. The zero-order chi connectivity index (χ0) is 27.4. The SMILES string of the molecule is CC(=O)O.Cc1ccc2nc(-c3ccc(N=NC4C(=O)NC(=O)N(Cc5nccn5C)C4=O)cc3)sc2c1. The molecule has 0 spiro atoms. The number of carbonyl (C=O) groups is 4. The highest BCUT2D eigenvalue weighted by molar-refractivity contribution is 7.21. The summed E-state index contributed by atoms with van der Waals surface area (Å²) < 4.78 is 2.80. The van der Waals surface area contributed by atoms with Gasteiger partial charge in [0.25, 0.3) is 17.8 Å². The van der Waals surface area contributed by atoms with Crippen LogP contribution in [0.15, 0.2) is 65.1 Å². The molecule has 0 bridgehead atoms. The predicted octanol–water partition coefficient (Wildman–Crippen LogP) is 3.83. The van der Waals surface area contributed by atoms with Gasteiger partial charge in [-0.05, 0) is 48.9 Å². The molecule has 13 heteroatoms. The van der Waals surface area contributed by atoms with Crippen molar-refractivity contribution in [2.75, 3.05) is 0 Å². The van der Waals surface area contributed by atoms with Crippen LogP contribution in [0.5, 0.6) is 0 Å². The fourth-order valence-corrected chi connectivity index (χ4v) is 4.56. The predicted molar refractivity (Wildman–Crippen MR) is 139 cm³/mol. The quantitative estimate of drug-likeness (QED) is 0.291. The monoisotopic (exact) mass is 533 g/mol. The minimum atomic E-state index is -1.45. The van der Waals surface area contributed by atoms with Crippen molar-refractivity contribution in [3.63, 3.8) is 0 Å². The van der Waals surface area contributed by atoms with Gasteiger partial charge in [-0.2, -0.15) is 10.2 Å². The molecule has 2 aromatic heterocycles. The maximum absolute atomic E-state index is 12.8. The summed E-state index contributed by atoms with van der Waals surface area (Å²) >= 11 is 1.60. The molecule has 4 amide bonds. The average Bonchev–Trinajstić information content (AvgIpc) is 3.47. The Hall–Kier alpha value is -4.78. The summed E-state index contributed by atoms with van der Waals surface area (Å²) in [5.41, 5.74) is 3.52. The van der Waals surface area contributed by atoms with Crippen LogP contribution in [-0.4, -0.2) is 54.4 Å². The third-order valence-electron chi connectivity index (χ3n) is 5.39. The zero-order valence-corrected chi connectivity index (χ0v) is 21.5. The van der Waals surface area contributed by atoms with Gasteiger partial charge in [-0.1, -0.05) is 6.07 Å². The number of urea groups is 1. The number of barbiturate groups is 1. The summed E-state index contributed by atoms with van der Waals surface area (Å²) in [4.78, 5) is 55.9. The lowest BCUT2D eigenvalue weighted by atomic mass is 10.2. The van der Waals surface area contributed by atoms with E-state index in [0.29, 0.717) is 11.5 Å². The Morgan fingerprint density at radius 1 is 1.16 bits per heavy atom. The van der Waals surface area contributed by atoms with Crippen LogP contribution in [-0.2, 0) is 28.0 Å². The number of azo groups is 1. The standard InChI is InChI=1S/C23H19N7O3S.C2H4O2/c1-13-3-8-16-17(11-13)34-21(25-16)14-4-6-15(7-5-14)27-28-19-20(31)26-23(33)30(22(19)32)12-18-24-9-10-29(18)2;1-2(3)4/h3-11,19H,12H2,1-2H3,(H,26,31,33);1H3,(H,3,4). The maximum Gasteiger partial charge on any atom is 0.331 e. The average molecular weight is 534 g/mol. The number of nitrogens with one attached hydrogen (secondary N) is 1. The number of nitrogens with zero attached hydrogens (tertiary/aromatic N) is 6. The Morgan fingerprint density at radius 3 is 2.53 bits per heavy atom. The molecule has 4 aromatic rings. The molecule has 0 radical (unpaired) electrons. The summed E-state index contributed by atoms with van der Waals surface area (Å²) in [6.45, 7) is 3.05. The number of benzene rings is 2. The smallest absolute Gasteiger partial charge is 0.331 e. The van der Waals surface area contributed by atoms with Gasteiger partial charge in [0, 0.05) is 31.9 Å². The highest BCUT2D eigenvalue weighted by Gasteiger charge is 2.41. The molecule has 0 aliphatic carbocycles. The molecule has 3 heterocycles. The van der Waals surface area contributed by atoms with E-state index in [1.807, 2.05) is 31.2 Å². The van der Waals surface area contributed by atoms with Gasteiger partial charge >= 0.3 is 6.03 Å². The number of hydrogen-bond donors (Lipinski definition) is 2. The fraction of sp³-hybridized carbons (Fsp3) is 0.200. The molecular weight excluding hydrogens is 510 g/mol. The van der Waals surface area contributed by atoms with E-state index in [9.17, 15) is 14.4 Å². The highest BCUT2D eigenvalue weighted by atomic mass is 32.1. The third-order valence-corrected chi connectivity index (χ3v) is 6.46. The van der Waals surface area contributed by atoms with Gasteiger partial charge in [-0.3, -0.25) is 24.6 Å². The molecule has 2 N–H and O–H groups in total. The zero-order valence-electron chi connectivity index (χ0n) is 20.7. The molecule has 12 nitrogen and oxygen atoms in total. The van der Waals surface area contributed by atoms with E-state index in [1.54, 1.807) is 47.5 Å². The number of aliphatic carboxylic acids is 1. The number of fused-ring (bicyclic) bond motifs is 1. The van der Waals surface area contributed by atoms with Crippen LogP contribution in [0.25, 0.3) is 20.8 Å². The minimum Gasteiger partial charge on any atom is -0.481 e. The highest BCUT2D eigenvalue weighted by Crippen LogP contribution is 2.31. The van der Waals surface area contributed by atoms with E-state index in [-0.39, 0.29) is 6.54 Å². The number of carboxylic acid groups (broad SMARTS) is 1. The van der Waals surface area contributed by atoms with Crippen LogP contribution in [0.3, 0.4) is 0 Å². The Labute approximate surface area is 220 Å². The van der Waals surface area contributed by atoms with Gasteiger partial charge in [0.05, 0.1) is 22.4 Å². The van der Waals surface area contributed by atoms with Crippen LogP contribution < -0.4 is 5.32 Å². The van der Waals surface area contributed by atoms with Crippen molar-refractivity contribution < 1.29 is 24.3 Å². The van der Waals surface area contributed by atoms with E-state index in [0.717, 1.165) is 32.6 Å². The van der Waals surface area contributed by atoms with Gasteiger partial charge in [0.2, 0.25) is 6.04 Å². The van der Waals surface area contributed by atoms with Crippen LogP contribution >= 0.6 is 11.3 Å². The molecular formula is C25H23N7O5S. The third kappa shape index (κ3) is 5.95. The topological polar surface area (TPSA) is 159 Å². The van der Waals surface area contributed by atoms with Crippen molar-refractivity contribution in [3.05, 3.63) is 66.2 Å². The van der Waals surface area contributed by atoms with Gasteiger partial charge in [0.1, 0.15) is 10.8 Å². The number of carbonyl (C=O) groups excluding carboxylic acids is 3. The molecule has 1 aliphatic heterocycles. The first-order chi connectivity index (χ1) is 18.1. The molecule has 1 aliphatic rings. The van der Waals surface area contributed by atoms with Gasteiger partial charge in [-0.15, -0.1) is 11.3 Å². The Morgan fingerprint density at radius 2 is 1.87 bits per heavy atom.